The first-order chi connectivity index (χ1) is 10.3. The Morgan fingerprint density at radius 2 is 1.35 bits per heavy atom. The van der Waals surface area contributed by atoms with Gasteiger partial charge >= 0.3 is 12.2 Å². The van der Waals surface area contributed by atoms with Gasteiger partial charge in [0, 0.05) is 6.04 Å². The van der Waals surface area contributed by atoms with E-state index in [4.69, 9.17) is 9.47 Å². The number of ether oxygens (including phenoxy) is 2. The van der Waals surface area contributed by atoms with Crippen LogP contribution in [0.1, 0.15) is 61.3 Å². The van der Waals surface area contributed by atoms with Crippen molar-refractivity contribution in [2.75, 3.05) is 6.61 Å². The SMILES string of the molecule is CC(CCC(CO)NC(=O)OC(C)(C)C)NC(=O)OC(C)(C)C. The molecule has 0 aromatic rings. The summed E-state index contributed by atoms with van der Waals surface area (Å²) < 4.78 is 10.3. The molecule has 0 aromatic heterocycles. The Morgan fingerprint density at radius 1 is 0.913 bits per heavy atom. The van der Waals surface area contributed by atoms with Crippen molar-refractivity contribution >= 4 is 12.2 Å². The molecule has 0 aliphatic rings. The summed E-state index contributed by atoms with van der Waals surface area (Å²) in [6, 6.07) is -0.563. The molecule has 0 aliphatic heterocycles. The molecule has 0 spiro atoms. The predicted octanol–water partition coefficient (Wildman–Crippen LogP) is 2.57. The van der Waals surface area contributed by atoms with Crippen LogP contribution in [0.15, 0.2) is 0 Å². The van der Waals surface area contributed by atoms with Gasteiger partial charge in [0.25, 0.3) is 0 Å². The molecule has 0 radical (unpaired) electrons. The lowest BCUT2D eigenvalue weighted by Crippen LogP contribution is -2.42. The van der Waals surface area contributed by atoms with Crippen molar-refractivity contribution < 1.29 is 24.2 Å². The fourth-order valence-electron chi connectivity index (χ4n) is 1.72. The van der Waals surface area contributed by atoms with Crippen LogP contribution in [0.5, 0.6) is 0 Å². The van der Waals surface area contributed by atoms with Gasteiger partial charge in [-0.2, -0.15) is 0 Å². The first-order valence-corrected chi connectivity index (χ1v) is 7.92. The number of amides is 2. The molecule has 3 N–H and O–H groups in total. The number of hydrogen-bond acceptors (Lipinski definition) is 5. The molecule has 0 heterocycles. The highest BCUT2D eigenvalue weighted by atomic mass is 16.6. The third-order valence-corrected chi connectivity index (χ3v) is 2.65. The standard InChI is InChI=1S/C16H32N2O5/c1-11(17-13(20)22-15(2,3)4)8-9-12(10-19)18-14(21)23-16(5,6)7/h11-12,19H,8-10H2,1-7H3,(H,17,20)(H,18,21). The van der Waals surface area contributed by atoms with Gasteiger partial charge < -0.3 is 25.2 Å². The van der Waals surface area contributed by atoms with Gasteiger partial charge in [0.2, 0.25) is 0 Å². The van der Waals surface area contributed by atoms with E-state index in [-0.39, 0.29) is 12.6 Å². The molecule has 2 atom stereocenters. The first kappa shape index (κ1) is 21.5. The van der Waals surface area contributed by atoms with Crippen molar-refractivity contribution in [1.29, 1.82) is 0 Å². The summed E-state index contributed by atoms with van der Waals surface area (Å²) >= 11 is 0. The molecule has 23 heavy (non-hydrogen) atoms. The predicted molar refractivity (Wildman–Crippen MR) is 88.3 cm³/mol. The van der Waals surface area contributed by atoms with Crippen LogP contribution in [-0.2, 0) is 9.47 Å². The summed E-state index contributed by atoms with van der Waals surface area (Å²) in [4.78, 5) is 23.3. The second kappa shape index (κ2) is 8.96. The molecule has 136 valence electrons. The highest BCUT2D eigenvalue weighted by Crippen LogP contribution is 2.09. The van der Waals surface area contributed by atoms with Crippen molar-refractivity contribution in [3.05, 3.63) is 0 Å². The van der Waals surface area contributed by atoms with E-state index in [1.54, 1.807) is 41.5 Å². The van der Waals surface area contributed by atoms with Crippen molar-refractivity contribution in [2.45, 2.75) is 84.6 Å². The molecule has 0 aromatic carbocycles. The normalized spacial score (nSPS) is 14.6. The Morgan fingerprint density at radius 3 is 1.74 bits per heavy atom. The van der Waals surface area contributed by atoms with E-state index in [9.17, 15) is 14.7 Å². The topological polar surface area (TPSA) is 96.9 Å². The molecule has 7 nitrogen and oxygen atoms in total. The molecule has 2 unspecified atom stereocenters. The van der Waals surface area contributed by atoms with Gasteiger partial charge in [0.1, 0.15) is 11.2 Å². The fraction of sp³-hybridized carbons (Fsp3) is 0.875. The molecule has 0 saturated heterocycles. The Hall–Kier alpha value is -1.50. The fourth-order valence-corrected chi connectivity index (χ4v) is 1.72. The van der Waals surface area contributed by atoms with Gasteiger partial charge in [-0.15, -0.1) is 0 Å². The summed E-state index contributed by atoms with van der Waals surface area (Å²) in [6.45, 7) is 12.3. The van der Waals surface area contributed by atoms with Gasteiger partial charge in [-0.05, 0) is 61.3 Å². The summed E-state index contributed by atoms with van der Waals surface area (Å²) in [6.07, 6.45) is 0.0439. The monoisotopic (exact) mass is 332 g/mol. The third kappa shape index (κ3) is 12.7. The van der Waals surface area contributed by atoms with E-state index in [0.717, 1.165) is 0 Å². The van der Waals surface area contributed by atoms with E-state index >= 15 is 0 Å². The Bertz CT molecular complexity index is 385. The van der Waals surface area contributed by atoms with Crippen LogP contribution in [0.3, 0.4) is 0 Å². The van der Waals surface area contributed by atoms with Gasteiger partial charge in [-0.25, -0.2) is 9.59 Å². The van der Waals surface area contributed by atoms with Crippen molar-refractivity contribution in [2.24, 2.45) is 0 Å². The second-order valence-corrected chi connectivity index (χ2v) is 7.65. The van der Waals surface area contributed by atoms with Gasteiger partial charge in [-0.1, -0.05) is 0 Å². The molecule has 2 amide bonds. The molecular formula is C16H32N2O5. The van der Waals surface area contributed by atoms with E-state index in [1.807, 2.05) is 6.92 Å². The van der Waals surface area contributed by atoms with Crippen LogP contribution in [0, 0.1) is 0 Å². The van der Waals surface area contributed by atoms with Crippen LogP contribution < -0.4 is 10.6 Å². The maximum Gasteiger partial charge on any atom is 0.407 e. The number of hydrogen-bond donors (Lipinski definition) is 3. The summed E-state index contributed by atoms with van der Waals surface area (Å²) in [5.74, 6) is 0. The minimum Gasteiger partial charge on any atom is -0.444 e. The zero-order valence-corrected chi connectivity index (χ0v) is 15.4. The lowest BCUT2D eigenvalue weighted by Gasteiger charge is -2.24. The highest BCUT2D eigenvalue weighted by molar-refractivity contribution is 5.68. The lowest BCUT2D eigenvalue weighted by molar-refractivity contribution is 0.0460. The maximum absolute atomic E-state index is 11.7. The Kier molecular flexibility index (Phi) is 8.37. The first-order valence-electron chi connectivity index (χ1n) is 7.92. The minimum atomic E-state index is -0.588. The number of carbonyl (C=O) groups is 2. The molecule has 0 rings (SSSR count). The number of aliphatic hydroxyl groups is 1. The van der Waals surface area contributed by atoms with E-state index in [0.29, 0.717) is 12.8 Å². The van der Waals surface area contributed by atoms with Gasteiger partial charge in [0.15, 0.2) is 0 Å². The zero-order valence-electron chi connectivity index (χ0n) is 15.4. The Balaban J connectivity index is 4.20. The van der Waals surface area contributed by atoms with Crippen LogP contribution >= 0.6 is 0 Å². The Labute approximate surface area is 139 Å². The van der Waals surface area contributed by atoms with Crippen molar-refractivity contribution in [3.63, 3.8) is 0 Å². The van der Waals surface area contributed by atoms with Crippen LogP contribution in [0.25, 0.3) is 0 Å². The largest absolute Gasteiger partial charge is 0.444 e. The minimum absolute atomic E-state index is 0.140. The van der Waals surface area contributed by atoms with Crippen LogP contribution in [0.4, 0.5) is 9.59 Å². The maximum atomic E-state index is 11.7. The van der Waals surface area contributed by atoms with E-state index < -0.39 is 29.4 Å². The smallest absolute Gasteiger partial charge is 0.407 e. The van der Waals surface area contributed by atoms with Gasteiger partial charge in [-0.3, -0.25) is 0 Å². The average molecular weight is 332 g/mol. The number of rotatable bonds is 6. The second-order valence-electron chi connectivity index (χ2n) is 7.65. The summed E-state index contributed by atoms with van der Waals surface area (Å²) in [5.41, 5.74) is -1.13. The van der Waals surface area contributed by atoms with Crippen molar-refractivity contribution in [3.8, 4) is 0 Å². The summed E-state index contributed by atoms with van der Waals surface area (Å²) in [5, 5.41) is 14.7. The van der Waals surface area contributed by atoms with E-state index in [1.165, 1.54) is 0 Å². The third-order valence-electron chi connectivity index (χ3n) is 2.65. The van der Waals surface area contributed by atoms with Crippen LogP contribution in [0.2, 0.25) is 0 Å². The number of nitrogens with one attached hydrogen (secondary N) is 2. The number of alkyl carbamates (subject to hydrolysis) is 2. The molecule has 0 aliphatic carbocycles. The summed E-state index contributed by atoms with van der Waals surface area (Å²) in [7, 11) is 0. The van der Waals surface area contributed by atoms with Crippen molar-refractivity contribution in [1.82, 2.24) is 10.6 Å². The van der Waals surface area contributed by atoms with Gasteiger partial charge in [0.05, 0.1) is 12.6 Å². The molecule has 0 saturated carbocycles. The number of aliphatic hydroxyl groups excluding tert-OH is 1. The van der Waals surface area contributed by atoms with Crippen LogP contribution in [-0.4, -0.2) is 47.2 Å². The molecule has 0 fully saturated rings. The average Bonchev–Trinajstić information content (AvgIpc) is 2.29. The zero-order chi connectivity index (χ0) is 18.3. The molecule has 7 heteroatoms. The number of carbonyl (C=O) groups excluding carboxylic acids is 2. The van der Waals surface area contributed by atoms with E-state index in [2.05, 4.69) is 10.6 Å². The highest BCUT2D eigenvalue weighted by Gasteiger charge is 2.21. The lowest BCUT2D eigenvalue weighted by atomic mass is 10.1. The molecular weight excluding hydrogens is 300 g/mol. The molecule has 0 bridgehead atoms. The quantitative estimate of drug-likeness (QED) is 0.694.